The molecule has 0 radical (unpaired) electrons. The van der Waals surface area contributed by atoms with Gasteiger partial charge in [0.15, 0.2) is 0 Å². The average molecular weight is 251 g/mol. The predicted octanol–water partition coefficient (Wildman–Crippen LogP) is 1.42. The smallest absolute Gasteiger partial charge is 0.272 e. The van der Waals surface area contributed by atoms with Gasteiger partial charge in [-0.05, 0) is 37.8 Å². The molecule has 0 aromatic carbocycles. The highest BCUT2D eigenvalue weighted by atomic mass is 19.1. The van der Waals surface area contributed by atoms with Crippen LogP contribution in [0.25, 0.3) is 0 Å². The van der Waals surface area contributed by atoms with Crippen LogP contribution in [0.4, 0.5) is 4.39 Å². The normalized spacial score (nSPS) is 21.7. The average Bonchev–Trinajstić information content (AvgIpc) is 2.39. The molecule has 18 heavy (non-hydrogen) atoms. The summed E-state index contributed by atoms with van der Waals surface area (Å²) in [6.07, 6.45) is 3.08. The van der Waals surface area contributed by atoms with Crippen molar-refractivity contribution < 1.29 is 9.18 Å². The van der Waals surface area contributed by atoms with Crippen LogP contribution in [0.2, 0.25) is 0 Å². The van der Waals surface area contributed by atoms with Crippen molar-refractivity contribution in [1.82, 2.24) is 9.88 Å². The van der Waals surface area contributed by atoms with Gasteiger partial charge in [-0.25, -0.2) is 9.37 Å². The summed E-state index contributed by atoms with van der Waals surface area (Å²) in [5.41, 5.74) is 6.18. The molecule has 2 heterocycles. The van der Waals surface area contributed by atoms with E-state index in [1.165, 1.54) is 12.1 Å². The van der Waals surface area contributed by atoms with Crippen molar-refractivity contribution in [2.45, 2.75) is 25.8 Å². The number of amides is 1. The fourth-order valence-corrected chi connectivity index (χ4v) is 2.29. The molecule has 2 rings (SSSR count). The number of nitrogens with zero attached hydrogens (tertiary/aromatic N) is 2. The van der Waals surface area contributed by atoms with Gasteiger partial charge in [0.2, 0.25) is 0 Å². The lowest BCUT2D eigenvalue weighted by molar-refractivity contribution is 0.0655. The number of nitrogens with two attached hydrogens (primary N) is 1. The van der Waals surface area contributed by atoms with Crippen LogP contribution in [0.3, 0.4) is 0 Å². The molecule has 1 aromatic heterocycles. The fraction of sp³-hybridized carbons (Fsp3) is 0.538. The first kappa shape index (κ1) is 13.0. The zero-order valence-corrected chi connectivity index (χ0v) is 10.5. The summed E-state index contributed by atoms with van der Waals surface area (Å²) in [5.74, 6) is -0.234. The van der Waals surface area contributed by atoms with Crippen LogP contribution in [-0.4, -0.2) is 34.9 Å². The Labute approximate surface area is 106 Å². The summed E-state index contributed by atoms with van der Waals surface area (Å²) >= 11 is 0. The molecule has 98 valence electrons. The summed E-state index contributed by atoms with van der Waals surface area (Å²) in [6, 6.07) is 2.77. The number of carbonyl (C=O) groups excluding carboxylic acids is 1. The second-order valence-corrected chi connectivity index (χ2v) is 4.87. The summed E-state index contributed by atoms with van der Waals surface area (Å²) in [7, 11) is 0. The highest BCUT2D eigenvalue weighted by Gasteiger charge is 2.26. The molecule has 2 atom stereocenters. The van der Waals surface area contributed by atoms with Crippen LogP contribution >= 0.6 is 0 Å². The molecule has 1 aromatic rings. The SMILES string of the molecule is CC(N)C1CCCN(C(=O)c2ccc(F)cn2)C1. The Morgan fingerprint density at radius 2 is 2.39 bits per heavy atom. The van der Waals surface area contributed by atoms with E-state index in [9.17, 15) is 9.18 Å². The summed E-state index contributed by atoms with van der Waals surface area (Å²) in [5, 5.41) is 0. The number of hydrogen-bond acceptors (Lipinski definition) is 3. The maximum atomic E-state index is 12.8. The molecule has 1 aliphatic heterocycles. The molecule has 1 aliphatic rings. The van der Waals surface area contributed by atoms with Crippen LogP contribution in [0, 0.1) is 11.7 Å². The zero-order chi connectivity index (χ0) is 13.1. The van der Waals surface area contributed by atoms with Crippen LogP contribution in [0.15, 0.2) is 18.3 Å². The topological polar surface area (TPSA) is 59.2 Å². The van der Waals surface area contributed by atoms with E-state index in [4.69, 9.17) is 5.73 Å². The first-order valence-corrected chi connectivity index (χ1v) is 6.24. The maximum Gasteiger partial charge on any atom is 0.272 e. The molecule has 0 bridgehead atoms. The van der Waals surface area contributed by atoms with Crippen molar-refractivity contribution >= 4 is 5.91 Å². The summed E-state index contributed by atoms with van der Waals surface area (Å²) in [4.78, 5) is 17.8. The summed E-state index contributed by atoms with van der Waals surface area (Å²) in [6.45, 7) is 3.35. The van der Waals surface area contributed by atoms with Gasteiger partial charge < -0.3 is 10.6 Å². The lowest BCUT2D eigenvalue weighted by atomic mass is 9.92. The number of halogens is 1. The van der Waals surface area contributed by atoms with Crippen molar-refractivity contribution in [3.63, 3.8) is 0 Å². The minimum Gasteiger partial charge on any atom is -0.337 e. The molecule has 2 N–H and O–H groups in total. The van der Waals surface area contributed by atoms with E-state index in [1.54, 1.807) is 4.90 Å². The summed E-state index contributed by atoms with van der Waals surface area (Å²) < 4.78 is 12.8. The Morgan fingerprint density at radius 3 is 3.00 bits per heavy atom. The van der Waals surface area contributed by atoms with Gasteiger partial charge in [0.1, 0.15) is 11.5 Å². The molecule has 1 amide bonds. The number of carbonyl (C=O) groups is 1. The van der Waals surface area contributed by atoms with Gasteiger partial charge >= 0.3 is 0 Å². The Hall–Kier alpha value is -1.49. The van der Waals surface area contributed by atoms with Crippen molar-refractivity contribution in [2.24, 2.45) is 11.7 Å². The first-order chi connectivity index (χ1) is 8.58. The lowest BCUT2D eigenvalue weighted by Gasteiger charge is -2.34. The minimum atomic E-state index is -0.432. The molecular formula is C13H18FN3O. The van der Waals surface area contributed by atoms with Crippen LogP contribution in [-0.2, 0) is 0 Å². The molecule has 0 saturated carbocycles. The van der Waals surface area contributed by atoms with Gasteiger partial charge in [-0.3, -0.25) is 4.79 Å². The van der Waals surface area contributed by atoms with Crippen molar-refractivity contribution in [3.8, 4) is 0 Å². The second-order valence-electron chi connectivity index (χ2n) is 4.87. The maximum absolute atomic E-state index is 12.8. The van der Waals surface area contributed by atoms with Gasteiger partial charge in [-0.15, -0.1) is 0 Å². The standard InChI is InChI=1S/C13H18FN3O/c1-9(15)10-3-2-6-17(8-10)13(18)12-5-4-11(14)7-16-12/h4-5,7,9-10H,2-3,6,8,15H2,1H3. The first-order valence-electron chi connectivity index (χ1n) is 6.24. The molecule has 0 spiro atoms. The Kier molecular flexibility index (Phi) is 3.91. The van der Waals surface area contributed by atoms with E-state index in [0.717, 1.165) is 25.6 Å². The van der Waals surface area contributed by atoms with E-state index in [1.807, 2.05) is 6.92 Å². The molecule has 2 unspecified atom stereocenters. The minimum absolute atomic E-state index is 0.0850. The number of aromatic nitrogens is 1. The Bertz CT molecular complexity index is 419. The molecule has 1 saturated heterocycles. The quantitative estimate of drug-likeness (QED) is 0.864. The molecule has 5 heteroatoms. The number of hydrogen-bond donors (Lipinski definition) is 1. The lowest BCUT2D eigenvalue weighted by Crippen LogP contribution is -2.45. The van der Waals surface area contributed by atoms with E-state index < -0.39 is 5.82 Å². The fourth-order valence-electron chi connectivity index (χ4n) is 2.29. The third-order valence-corrected chi connectivity index (χ3v) is 3.44. The molecule has 1 fully saturated rings. The monoisotopic (exact) mass is 251 g/mol. The second kappa shape index (κ2) is 5.44. The van der Waals surface area contributed by atoms with Crippen LogP contribution in [0.1, 0.15) is 30.3 Å². The number of piperidine rings is 1. The highest BCUT2D eigenvalue weighted by Crippen LogP contribution is 2.20. The van der Waals surface area contributed by atoms with Crippen LogP contribution < -0.4 is 5.73 Å². The Balaban J connectivity index is 2.06. The van der Waals surface area contributed by atoms with Crippen molar-refractivity contribution in [2.75, 3.05) is 13.1 Å². The third kappa shape index (κ3) is 2.85. The van der Waals surface area contributed by atoms with Crippen molar-refractivity contribution in [1.29, 1.82) is 0 Å². The van der Waals surface area contributed by atoms with E-state index in [-0.39, 0.29) is 11.9 Å². The van der Waals surface area contributed by atoms with Gasteiger partial charge in [-0.2, -0.15) is 0 Å². The van der Waals surface area contributed by atoms with Gasteiger partial charge in [0, 0.05) is 19.1 Å². The largest absolute Gasteiger partial charge is 0.337 e. The zero-order valence-electron chi connectivity index (χ0n) is 10.5. The van der Waals surface area contributed by atoms with Gasteiger partial charge in [0.05, 0.1) is 6.20 Å². The predicted molar refractivity (Wildman–Crippen MR) is 66.5 cm³/mol. The number of rotatable bonds is 2. The van der Waals surface area contributed by atoms with E-state index in [0.29, 0.717) is 18.2 Å². The Morgan fingerprint density at radius 1 is 1.61 bits per heavy atom. The molecule has 4 nitrogen and oxygen atoms in total. The molecular weight excluding hydrogens is 233 g/mol. The third-order valence-electron chi connectivity index (χ3n) is 3.44. The number of pyridine rings is 1. The number of likely N-dealkylation sites (tertiary alicyclic amines) is 1. The van der Waals surface area contributed by atoms with Crippen LogP contribution in [0.5, 0.6) is 0 Å². The van der Waals surface area contributed by atoms with Crippen molar-refractivity contribution in [3.05, 3.63) is 29.8 Å². The van der Waals surface area contributed by atoms with E-state index in [2.05, 4.69) is 4.98 Å². The van der Waals surface area contributed by atoms with Gasteiger partial charge in [-0.1, -0.05) is 0 Å². The highest BCUT2D eigenvalue weighted by molar-refractivity contribution is 5.92. The molecule has 0 aliphatic carbocycles. The van der Waals surface area contributed by atoms with Gasteiger partial charge in [0.25, 0.3) is 5.91 Å². The van der Waals surface area contributed by atoms with E-state index >= 15 is 0 Å².